The van der Waals surface area contributed by atoms with E-state index in [1.807, 2.05) is 5.38 Å². The fourth-order valence-electron chi connectivity index (χ4n) is 2.57. The summed E-state index contributed by atoms with van der Waals surface area (Å²) in [7, 11) is 0. The first kappa shape index (κ1) is 14.2. The number of nitrogens with one attached hydrogen (secondary N) is 2. The second kappa shape index (κ2) is 6.36. The van der Waals surface area contributed by atoms with Crippen LogP contribution in [0.25, 0.3) is 10.2 Å². The van der Waals surface area contributed by atoms with Crippen LogP contribution in [0.1, 0.15) is 12.8 Å². The van der Waals surface area contributed by atoms with Crippen molar-refractivity contribution in [2.75, 3.05) is 19.6 Å². The number of rotatable bonds is 4. The third kappa shape index (κ3) is 3.30. The lowest BCUT2D eigenvalue weighted by Crippen LogP contribution is -2.40. The van der Waals surface area contributed by atoms with Gasteiger partial charge in [-0.05, 0) is 43.3 Å². The third-order valence-electron chi connectivity index (χ3n) is 3.75. The molecule has 2 aromatic heterocycles. The average molecular weight is 306 g/mol. The summed E-state index contributed by atoms with van der Waals surface area (Å²) >= 11 is 1.43. The van der Waals surface area contributed by atoms with Gasteiger partial charge < -0.3 is 10.6 Å². The fourth-order valence-corrected chi connectivity index (χ4v) is 3.30. The zero-order chi connectivity index (χ0) is 14.7. The van der Waals surface area contributed by atoms with E-state index < -0.39 is 0 Å². The van der Waals surface area contributed by atoms with Crippen LogP contribution in [0.4, 0.5) is 0 Å². The predicted molar refractivity (Wildman–Crippen MR) is 82.5 cm³/mol. The van der Waals surface area contributed by atoms with Crippen LogP contribution in [0.3, 0.4) is 0 Å². The van der Waals surface area contributed by atoms with Crippen molar-refractivity contribution in [2.24, 2.45) is 5.92 Å². The Labute approximate surface area is 126 Å². The highest BCUT2D eigenvalue weighted by Gasteiger charge is 2.14. The Hall–Kier alpha value is -1.73. The van der Waals surface area contributed by atoms with Gasteiger partial charge in [0.1, 0.15) is 11.4 Å². The van der Waals surface area contributed by atoms with E-state index in [9.17, 15) is 9.59 Å². The van der Waals surface area contributed by atoms with Crippen molar-refractivity contribution in [3.63, 3.8) is 0 Å². The molecule has 0 aromatic carbocycles. The summed E-state index contributed by atoms with van der Waals surface area (Å²) in [4.78, 5) is 29.0. The van der Waals surface area contributed by atoms with E-state index in [4.69, 9.17) is 0 Å². The number of amides is 1. The Morgan fingerprint density at radius 2 is 2.48 bits per heavy atom. The highest BCUT2D eigenvalue weighted by Crippen LogP contribution is 2.13. The van der Waals surface area contributed by atoms with Gasteiger partial charge in [0, 0.05) is 6.54 Å². The van der Waals surface area contributed by atoms with E-state index in [2.05, 4.69) is 15.6 Å². The number of aromatic nitrogens is 2. The Balaban J connectivity index is 1.60. The number of thiophene rings is 1. The van der Waals surface area contributed by atoms with E-state index in [-0.39, 0.29) is 18.0 Å². The van der Waals surface area contributed by atoms with Gasteiger partial charge in [-0.15, -0.1) is 11.3 Å². The van der Waals surface area contributed by atoms with Crippen molar-refractivity contribution in [1.29, 1.82) is 0 Å². The number of carbonyl (C=O) groups excluding carboxylic acids is 1. The summed E-state index contributed by atoms with van der Waals surface area (Å²) in [6, 6.07) is 1.75. The fraction of sp³-hybridized carbons (Fsp3) is 0.500. The number of piperidine rings is 1. The molecular weight excluding hydrogens is 288 g/mol. The van der Waals surface area contributed by atoms with Crippen molar-refractivity contribution >= 4 is 27.5 Å². The van der Waals surface area contributed by atoms with Gasteiger partial charge in [-0.2, -0.15) is 0 Å². The van der Waals surface area contributed by atoms with Gasteiger partial charge in [0.05, 0.1) is 11.7 Å². The van der Waals surface area contributed by atoms with Crippen LogP contribution < -0.4 is 16.2 Å². The first-order chi connectivity index (χ1) is 10.2. The monoisotopic (exact) mass is 306 g/mol. The SMILES string of the molecule is O=C(Cn1cnc2sccc2c1=O)NCC1CCCNC1. The van der Waals surface area contributed by atoms with Gasteiger partial charge >= 0.3 is 0 Å². The number of hydrogen-bond donors (Lipinski definition) is 2. The van der Waals surface area contributed by atoms with Crippen molar-refractivity contribution in [3.05, 3.63) is 28.1 Å². The molecule has 3 rings (SSSR count). The van der Waals surface area contributed by atoms with Crippen LogP contribution in [0.15, 0.2) is 22.6 Å². The van der Waals surface area contributed by atoms with Crippen molar-refractivity contribution in [1.82, 2.24) is 20.2 Å². The van der Waals surface area contributed by atoms with Gasteiger partial charge in [0.25, 0.3) is 5.56 Å². The highest BCUT2D eigenvalue weighted by molar-refractivity contribution is 7.16. The maximum Gasteiger partial charge on any atom is 0.262 e. The first-order valence-electron chi connectivity index (χ1n) is 7.14. The van der Waals surface area contributed by atoms with Gasteiger partial charge in [-0.1, -0.05) is 0 Å². The minimum atomic E-state index is -0.157. The number of hydrogen-bond acceptors (Lipinski definition) is 5. The minimum Gasteiger partial charge on any atom is -0.354 e. The summed E-state index contributed by atoms with van der Waals surface area (Å²) < 4.78 is 1.36. The summed E-state index contributed by atoms with van der Waals surface area (Å²) in [6.45, 7) is 2.70. The first-order valence-corrected chi connectivity index (χ1v) is 8.02. The molecule has 0 radical (unpaired) electrons. The Morgan fingerprint density at radius 3 is 3.29 bits per heavy atom. The van der Waals surface area contributed by atoms with E-state index in [1.54, 1.807) is 6.07 Å². The summed E-state index contributed by atoms with van der Waals surface area (Å²) in [5.41, 5.74) is -0.157. The van der Waals surface area contributed by atoms with Crippen LogP contribution in [0.2, 0.25) is 0 Å². The van der Waals surface area contributed by atoms with E-state index in [0.717, 1.165) is 25.9 Å². The van der Waals surface area contributed by atoms with Crippen molar-refractivity contribution in [2.45, 2.75) is 19.4 Å². The molecule has 0 spiro atoms. The molecule has 1 aliphatic heterocycles. The molecule has 3 heterocycles. The standard InChI is InChI=1S/C14H18N4O2S/c19-12(16-7-10-2-1-4-15-6-10)8-18-9-17-13-11(14(18)20)3-5-21-13/h3,5,9-10,15H,1-2,4,6-8H2,(H,16,19). The molecule has 2 N–H and O–H groups in total. The molecule has 1 amide bonds. The van der Waals surface area contributed by atoms with Gasteiger partial charge in [-0.3, -0.25) is 14.2 Å². The summed E-state index contributed by atoms with van der Waals surface area (Å²) in [6.07, 6.45) is 3.73. The van der Waals surface area contributed by atoms with E-state index in [0.29, 0.717) is 22.7 Å². The second-order valence-corrected chi connectivity index (χ2v) is 6.23. The lowest BCUT2D eigenvalue weighted by atomic mass is 10.00. The number of fused-ring (bicyclic) bond motifs is 1. The minimum absolute atomic E-state index is 0.0256. The molecule has 1 fully saturated rings. The molecule has 2 aromatic rings. The molecule has 112 valence electrons. The lowest BCUT2D eigenvalue weighted by Gasteiger charge is -2.22. The molecule has 0 bridgehead atoms. The molecule has 1 saturated heterocycles. The van der Waals surface area contributed by atoms with E-state index in [1.165, 1.54) is 22.2 Å². The summed E-state index contributed by atoms with van der Waals surface area (Å²) in [5, 5.41) is 8.63. The number of carbonyl (C=O) groups is 1. The third-order valence-corrected chi connectivity index (χ3v) is 4.57. The molecule has 7 heteroatoms. The van der Waals surface area contributed by atoms with Gasteiger partial charge in [0.2, 0.25) is 5.91 Å². The zero-order valence-corrected chi connectivity index (χ0v) is 12.5. The molecule has 21 heavy (non-hydrogen) atoms. The van der Waals surface area contributed by atoms with Crippen LogP contribution in [0.5, 0.6) is 0 Å². The van der Waals surface area contributed by atoms with Crippen molar-refractivity contribution < 1.29 is 4.79 Å². The predicted octanol–water partition coefficient (Wildman–Crippen LogP) is 0.574. The smallest absolute Gasteiger partial charge is 0.262 e. The quantitative estimate of drug-likeness (QED) is 0.866. The van der Waals surface area contributed by atoms with Crippen LogP contribution in [-0.4, -0.2) is 35.1 Å². The molecule has 0 saturated carbocycles. The molecule has 1 atom stereocenters. The van der Waals surface area contributed by atoms with Crippen LogP contribution in [-0.2, 0) is 11.3 Å². The lowest BCUT2D eigenvalue weighted by molar-refractivity contribution is -0.121. The summed E-state index contributed by atoms with van der Waals surface area (Å²) in [5.74, 6) is 0.343. The normalized spacial score (nSPS) is 18.8. The molecular formula is C14H18N4O2S. The van der Waals surface area contributed by atoms with Gasteiger partial charge in [0.15, 0.2) is 0 Å². The second-order valence-electron chi connectivity index (χ2n) is 5.33. The highest BCUT2D eigenvalue weighted by atomic mass is 32.1. The molecule has 1 unspecified atom stereocenters. The topological polar surface area (TPSA) is 76.0 Å². The largest absolute Gasteiger partial charge is 0.354 e. The Morgan fingerprint density at radius 1 is 1.57 bits per heavy atom. The Bertz CT molecular complexity index is 688. The van der Waals surface area contributed by atoms with Crippen LogP contribution >= 0.6 is 11.3 Å². The van der Waals surface area contributed by atoms with Crippen molar-refractivity contribution in [3.8, 4) is 0 Å². The number of nitrogens with zero attached hydrogens (tertiary/aromatic N) is 2. The maximum absolute atomic E-state index is 12.2. The maximum atomic E-state index is 12.2. The Kier molecular flexibility index (Phi) is 4.31. The zero-order valence-electron chi connectivity index (χ0n) is 11.7. The average Bonchev–Trinajstić information content (AvgIpc) is 2.98. The van der Waals surface area contributed by atoms with Crippen LogP contribution in [0, 0.1) is 5.92 Å². The molecule has 1 aliphatic rings. The van der Waals surface area contributed by atoms with E-state index >= 15 is 0 Å². The molecule has 6 nitrogen and oxygen atoms in total. The van der Waals surface area contributed by atoms with Gasteiger partial charge in [-0.25, -0.2) is 4.98 Å². The molecule has 0 aliphatic carbocycles.